The summed E-state index contributed by atoms with van der Waals surface area (Å²) in [6, 6.07) is 8.97. The highest BCUT2D eigenvalue weighted by Crippen LogP contribution is 2.29. The Bertz CT molecular complexity index is 475. The van der Waals surface area contributed by atoms with Crippen LogP contribution >= 0.6 is 0 Å². The summed E-state index contributed by atoms with van der Waals surface area (Å²) in [5, 5.41) is 8.89. The number of likely N-dealkylation sites (N-methyl/N-ethyl adjacent to an activating group) is 1. The van der Waals surface area contributed by atoms with Crippen molar-refractivity contribution in [1.82, 2.24) is 4.90 Å². The Balaban J connectivity index is 1.86. The lowest BCUT2D eigenvalue weighted by atomic mass is 10.2. The van der Waals surface area contributed by atoms with Gasteiger partial charge >= 0.3 is 0 Å². The molecule has 0 saturated heterocycles. The number of carbonyl (C=O) groups is 1. The second-order valence-corrected chi connectivity index (χ2v) is 4.61. The third kappa shape index (κ3) is 3.24. The van der Waals surface area contributed by atoms with Crippen LogP contribution in [0.2, 0.25) is 0 Å². The summed E-state index contributed by atoms with van der Waals surface area (Å²) in [5.74, 6) is 1.09. The summed E-state index contributed by atoms with van der Waals surface area (Å²) in [6.07, 6.45) is 2.44. The molecule has 1 amide bonds. The van der Waals surface area contributed by atoms with E-state index in [4.69, 9.17) is 10.00 Å². The second kappa shape index (κ2) is 5.54. The molecule has 1 aliphatic rings. The fourth-order valence-corrected chi connectivity index (χ4v) is 1.72. The molecule has 0 N–H and O–H groups in total. The fraction of sp³-hybridized carbons (Fsp3) is 0.429. The van der Waals surface area contributed by atoms with Crippen molar-refractivity contribution >= 4 is 5.91 Å². The zero-order valence-electron chi connectivity index (χ0n) is 10.4. The van der Waals surface area contributed by atoms with Gasteiger partial charge in [0.2, 0.25) is 0 Å². The fourth-order valence-electron chi connectivity index (χ4n) is 1.72. The van der Waals surface area contributed by atoms with Crippen molar-refractivity contribution in [2.45, 2.75) is 12.8 Å². The Morgan fingerprint density at radius 1 is 1.50 bits per heavy atom. The maximum Gasteiger partial charge on any atom is 0.260 e. The first-order valence-electron chi connectivity index (χ1n) is 6.06. The van der Waals surface area contributed by atoms with Crippen molar-refractivity contribution in [3.05, 3.63) is 29.8 Å². The van der Waals surface area contributed by atoms with Crippen LogP contribution in [0.25, 0.3) is 0 Å². The number of ether oxygens (including phenoxy) is 1. The normalized spacial score (nSPS) is 13.8. The second-order valence-electron chi connectivity index (χ2n) is 4.61. The van der Waals surface area contributed by atoms with Gasteiger partial charge in [0, 0.05) is 13.6 Å². The van der Waals surface area contributed by atoms with E-state index in [0.29, 0.717) is 17.2 Å². The molecule has 0 aliphatic heterocycles. The summed E-state index contributed by atoms with van der Waals surface area (Å²) in [4.78, 5) is 13.5. The van der Waals surface area contributed by atoms with E-state index in [1.54, 1.807) is 36.2 Å². The van der Waals surface area contributed by atoms with E-state index in [-0.39, 0.29) is 12.5 Å². The molecule has 1 aromatic rings. The number of carbonyl (C=O) groups excluding carboxylic acids is 1. The Labute approximate surface area is 107 Å². The SMILES string of the molecule is CN(CC1CC1)C(=O)COc1ccccc1C#N. The number of amides is 1. The summed E-state index contributed by atoms with van der Waals surface area (Å²) in [7, 11) is 1.79. The number of nitriles is 1. The topological polar surface area (TPSA) is 53.3 Å². The first-order valence-corrected chi connectivity index (χ1v) is 6.06. The minimum absolute atomic E-state index is 0.0120. The van der Waals surface area contributed by atoms with E-state index in [2.05, 4.69) is 0 Å². The van der Waals surface area contributed by atoms with Crippen molar-refractivity contribution in [3.8, 4) is 11.8 Å². The minimum Gasteiger partial charge on any atom is -0.482 e. The highest BCUT2D eigenvalue weighted by atomic mass is 16.5. The van der Waals surface area contributed by atoms with Crippen LogP contribution in [0.5, 0.6) is 5.75 Å². The van der Waals surface area contributed by atoms with Gasteiger partial charge in [-0.05, 0) is 30.9 Å². The van der Waals surface area contributed by atoms with E-state index in [1.807, 2.05) is 6.07 Å². The molecule has 0 radical (unpaired) electrons. The third-order valence-corrected chi connectivity index (χ3v) is 3.01. The predicted octanol–water partition coefficient (Wildman–Crippen LogP) is 1.81. The van der Waals surface area contributed by atoms with Gasteiger partial charge in [-0.25, -0.2) is 0 Å². The summed E-state index contributed by atoms with van der Waals surface area (Å²) < 4.78 is 5.40. The minimum atomic E-state index is -0.0466. The molecule has 1 fully saturated rings. The average Bonchev–Trinajstić information content (AvgIpc) is 3.20. The van der Waals surface area contributed by atoms with Gasteiger partial charge in [-0.3, -0.25) is 4.79 Å². The zero-order chi connectivity index (χ0) is 13.0. The maximum atomic E-state index is 11.8. The van der Waals surface area contributed by atoms with E-state index in [9.17, 15) is 4.79 Å². The summed E-state index contributed by atoms with van der Waals surface area (Å²) in [6.45, 7) is 0.796. The molecule has 0 atom stereocenters. The van der Waals surface area contributed by atoms with E-state index in [0.717, 1.165) is 6.54 Å². The van der Waals surface area contributed by atoms with Crippen molar-refractivity contribution in [2.24, 2.45) is 5.92 Å². The van der Waals surface area contributed by atoms with Crippen LogP contribution < -0.4 is 4.74 Å². The molecular weight excluding hydrogens is 228 g/mol. The van der Waals surface area contributed by atoms with Crippen LogP contribution in [-0.4, -0.2) is 31.0 Å². The molecule has 0 bridgehead atoms. The maximum absolute atomic E-state index is 11.8. The number of hydrogen-bond acceptors (Lipinski definition) is 3. The Morgan fingerprint density at radius 3 is 2.89 bits per heavy atom. The largest absolute Gasteiger partial charge is 0.482 e. The van der Waals surface area contributed by atoms with Crippen LogP contribution in [0.1, 0.15) is 18.4 Å². The molecule has 18 heavy (non-hydrogen) atoms. The molecule has 0 spiro atoms. The van der Waals surface area contributed by atoms with Crippen LogP contribution in [-0.2, 0) is 4.79 Å². The lowest BCUT2D eigenvalue weighted by Crippen LogP contribution is -2.33. The Kier molecular flexibility index (Phi) is 3.83. The van der Waals surface area contributed by atoms with Gasteiger partial charge < -0.3 is 9.64 Å². The van der Waals surface area contributed by atoms with Gasteiger partial charge in [-0.15, -0.1) is 0 Å². The number of para-hydroxylation sites is 1. The smallest absolute Gasteiger partial charge is 0.260 e. The number of nitrogens with zero attached hydrogens (tertiary/aromatic N) is 2. The summed E-state index contributed by atoms with van der Waals surface area (Å²) >= 11 is 0. The van der Waals surface area contributed by atoms with Crippen LogP contribution in [0.4, 0.5) is 0 Å². The summed E-state index contributed by atoms with van der Waals surface area (Å²) in [5.41, 5.74) is 0.454. The zero-order valence-corrected chi connectivity index (χ0v) is 10.4. The average molecular weight is 244 g/mol. The molecule has 4 heteroatoms. The van der Waals surface area contributed by atoms with Crippen LogP contribution in [0.15, 0.2) is 24.3 Å². The molecule has 0 aromatic heterocycles. The van der Waals surface area contributed by atoms with E-state index < -0.39 is 0 Å². The highest BCUT2D eigenvalue weighted by molar-refractivity contribution is 5.77. The molecule has 1 aromatic carbocycles. The van der Waals surface area contributed by atoms with Gasteiger partial charge in [-0.1, -0.05) is 12.1 Å². The lowest BCUT2D eigenvalue weighted by molar-refractivity contribution is -0.132. The first kappa shape index (κ1) is 12.4. The molecule has 2 rings (SSSR count). The molecule has 0 unspecified atom stereocenters. The number of rotatable bonds is 5. The van der Waals surface area contributed by atoms with Gasteiger partial charge in [-0.2, -0.15) is 5.26 Å². The van der Waals surface area contributed by atoms with Crippen molar-refractivity contribution in [2.75, 3.05) is 20.2 Å². The molecule has 1 aliphatic carbocycles. The first-order chi connectivity index (χ1) is 8.70. The van der Waals surface area contributed by atoms with Crippen LogP contribution in [0, 0.1) is 17.2 Å². The van der Waals surface area contributed by atoms with Crippen molar-refractivity contribution < 1.29 is 9.53 Å². The van der Waals surface area contributed by atoms with Gasteiger partial charge in [0.1, 0.15) is 11.8 Å². The number of benzene rings is 1. The highest BCUT2D eigenvalue weighted by Gasteiger charge is 2.24. The molecular formula is C14H16N2O2. The quantitative estimate of drug-likeness (QED) is 0.793. The van der Waals surface area contributed by atoms with E-state index in [1.165, 1.54) is 12.8 Å². The molecule has 1 saturated carbocycles. The Morgan fingerprint density at radius 2 is 2.22 bits per heavy atom. The molecule has 0 heterocycles. The third-order valence-electron chi connectivity index (χ3n) is 3.01. The van der Waals surface area contributed by atoms with Gasteiger partial charge in [0.15, 0.2) is 6.61 Å². The van der Waals surface area contributed by atoms with Crippen molar-refractivity contribution in [1.29, 1.82) is 5.26 Å². The van der Waals surface area contributed by atoms with Crippen molar-refractivity contribution in [3.63, 3.8) is 0 Å². The monoisotopic (exact) mass is 244 g/mol. The van der Waals surface area contributed by atoms with Gasteiger partial charge in [0.05, 0.1) is 5.56 Å². The predicted molar refractivity (Wildman–Crippen MR) is 67.0 cm³/mol. The van der Waals surface area contributed by atoms with Crippen LogP contribution in [0.3, 0.4) is 0 Å². The molecule has 4 nitrogen and oxygen atoms in total. The standard InChI is InChI=1S/C14H16N2O2/c1-16(9-11-6-7-11)14(17)10-18-13-5-3-2-4-12(13)8-15/h2-5,11H,6-7,9-10H2,1H3. The van der Waals surface area contributed by atoms with Gasteiger partial charge in [0.25, 0.3) is 5.91 Å². The lowest BCUT2D eigenvalue weighted by Gasteiger charge is -2.17. The van der Waals surface area contributed by atoms with E-state index >= 15 is 0 Å². The molecule has 94 valence electrons. The number of hydrogen-bond donors (Lipinski definition) is 0. The Hall–Kier alpha value is -2.02.